The van der Waals surface area contributed by atoms with Crippen molar-refractivity contribution in [2.24, 2.45) is 0 Å². The predicted octanol–water partition coefficient (Wildman–Crippen LogP) is -1.19. The van der Waals surface area contributed by atoms with E-state index in [9.17, 15) is 0 Å². The van der Waals surface area contributed by atoms with Gasteiger partial charge in [0.2, 0.25) is 0 Å². The van der Waals surface area contributed by atoms with Crippen molar-refractivity contribution in [2.45, 2.75) is 0 Å². The Bertz CT molecular complexity index is 36.8. The Balaban J connectivity index is -0.0000000275. The van der Waals surface area contributed by atoms with Crippen LogP contribution in [0.1, 0.15) is 0 Å². The van der Waals surface area contributed by atoms with Crippen LogP contribution < -0.4 is 0 Å². The van der Waals surface area contributed by atoms with Crippen LogP contribution in [0.5, 0.6) is 0 Å². The van der Waals surface area contributed by atoms with E-state index < -0.39 is 14.8 Å². The summed E-state index contributed by atoms with van der Waals surface area (Å²) in [6, 6.07) is 0. The van der Waals surface area contributed by atoms with Crippen molar-refractivity contribution < 1.29 is 47.3 Å². The molecule has 0 aliphatic rings. The summed E-state index contributed by atoms with van der Waals surface area (Å²) in [5.41, 5.74) is 0. The van der Waals surface area contributed by atoms with E-state index in [1.165, 1.54) is 0 Å². The van der Waals surface area contributed by atoms with Gasteiger partial charge in [-0.25, -0.2) is 0 Å². The summed E-state index contributed by atoms with van der Waals surface area (Å²) in [6.07, 6.45) is 0. The van der Waals surface area contributed by atoms with E-state index >= 15 is 0 Å². The van der Waals surface area contributed by atoms with Gasteiger partial charge in [-0.1, -0.05) is 0 Å². The van der Waals surface area contributed by atoms with Crippen molar-refractivity contribution in [3.63, 3.8) is 0 Å². The first-order chi connectivity index (χ1) is 2.41. The van der Waals surface area contributed by atoms with E-state index in [-0.39, 0.29) is 5.48 Å². The fourth-order valence-electron chi connectivity index (χ4n) is 0. The average Bonchev–Trinajstić information content (AvgIpc) is 1.46. The molecule has 43 valence electrons. The summed E-state index contributed by atoms with van der Waals surface area (Å²) < 4.78 is 24.7. The van der Waals surface area contributed by atoms with E-state index in [0.29, 0.717) is 0 Å². The topological polar surface area (TPSA) is 82.7 Å². The molecule has 2 N–H and O–H groups in total. The number of hydrogen-bond acceptors (Lipinski definition) is 3. The molecule has 0 aromatic carbocycles. The summed E-state index contributed by atoms with van der Waals surface area (Å²) in [6.45, 7) is 0. The zero-order chi connectivity index (χ0) is 4.71. The quantitative estimate of drug-likeness (QED) is 0.439. The van der Waals surface area contributed by atoms with Gasteiger partial charge in [0, 0.05) is 0 Å². The summed E-state index contributed by atoms with van der Waals surface area (Å²) in [4.78, 5) is 0. The van der Waals surface area contributed by atoms with E-state index in [1.807, 2.05) is 0 Å². The second-order valence-corrected chi connectivity index (χ2v) is 0.260. The van der Waals surface area contributed by atoms with Gasteiger partial charge in [0.05, 0.1) is 0 Å². The average molecular weight is 180 g/mol. The zero-order valence-corrected chi connectivity index (χ0v) is 4.59. The molecular weight excluding hydrogens is 178 g/mol. The second-order valence-electron chi connectivity index (χ2n) is 0.0630. The van der Waals surface area contributed by atoms with Crippen LogP contribution in [0.4, 0.5) is 0 Å². The van der Waals surface area contributed by atoms with Crippen LogP contribution >= 0.6 is 0 Å². The van der Waals surface area contributed by atoms with Crippen molar-refractivity contribution in [2.75, 3.05) is 0 Å². The van der Waals surface area contributed by atoms with Crippen molar-refractivity contribution in [1.29, 1.82) is 0 Å². The molecule has 6 heteroatoms. The fourth-order valence-corrected chi connectivity index (χ4v) is 0. The molecule has 0 aliphatic heterocycles. The third-order valence-electron chi connectivity index (χ3n) is 0. The molecule has 0 saturated heterocycles. The van der Waals surface area contributed by atoms with Crippen LogP contribution in [0.3, 0.4) is 0 Å². The molecule has 0 aliphatic carbocycles. The maximum atomic E-state index is 8.41. The van der Waals surface area contributed by atoms with Crippen LogP contribution in [-0.4, -0.2) is 5.48 Å². The first kappa shape index (κ1) is 16.2. The molecule has 0 rings (SSSR count). The Morgan fingerprint density at radius 1 is 1.17 bits per heavy atom. The molecule has 0 aromatic rings. The second kappa shape index (κ2) is 54.5. The van der Waals surface area contributed by atoms with E-state index in [0.717, 1.165) is 0 Å². The molecule has 0 heterocycles. The van der Waals surface area contributed by atoms with Gasteiger partial charge in [-0.2, -0.15) is 0 Å². The Hall–Kier alpha value is 0.373. The molecule has 0 spiro atoms. The molecule has 0 radical (unpaired) electrons. The van der Waals surface area contributed by atoms with Gasteiger partial charge in [-0.05, 0) is 0 Å². The first-order valence-electron chi connectivity index (χ1n) is 0.438. The first-order valence-corrected chi connectivity index (χ1v) is 1.80. The predicted molar refractivity (Wildman–Crippen MR) is 5.67 cm³/mol. The van der Waals surface area contributed by atoms with Crippen LogP contribution in [0.25, 0.3) is 0 Å². The molecule has 4 nitrogen and oxygen atoms in total. The van der Waals surface area contributed by atoms with Crippen molar-refractivity contribution in [1.82, 2.24) is 0 Å². The van der Waals surface area contributed by atoms with E-state index in [2.05, 4.69) is 15.4 Å². The van der Waals surface area contributed by atoms with Gasteiger partial charge in [0.25, 0.3) is 0 Å². The van der Waals surface area contributed by atoms with Gasteiger partial charge in [0.1, 0.15) is 0 Å². The molecule has 0 amide bonds. The van der Waals surface area contributed by atoms with Gasteiger partial charge in [0.15, 0.2) is 0 Å². The molecule has 0 aromatic heterocycles. The third-order valence-corrected chi connectivity index (χ3v) is 0. The van der Waals surface area contributed by atoms with Gasteiger partial charge >= 0.3 is 41.8 Å². The van der Waals surface area contributed by atoms with Crippen LogP contribution in [0.2, 0.25) is 0 Å². The molecule has 6 heavy (non-hydrogen) atoms. The molecule has 0 atom stereocenters. The Morgan fingerprint density at radius 3 is 1.17 bits per heavy atom. The standard InChI is InChI=1S/Mn.Ni.H2O.3O/h;;1H2;;;. The SMILES string of the molecule is O.[O]=[Mn]=[O].[O]=[Ni]. The zero-order valence-electron chi connectivity index (χ0n) is 2.42. The number of rotatable bonds is 0. The fraction of sp³-hybridized carbons (Fsp3) is 0. The molecule has 0 unspecified atom stereocenters. The van der Waals surface area contributed by atoms with Crippen molar-refractivity contribution in [3.05, 3.63) is 0 Å². The van der Waals surface area contributed by atoms with Gasteiger partial charge < -0.3 is 5.48 Å². The Labute approximate surface area is 47.7 Å². The summed E-state index contributed by atoms with van der Waals surface area (Å²) >= 11 is 1.19. The minimum absolute atomic E-state index is 0. The van der Waals surface area contributed by atoms with Crippen molar-refractivity contribution >= 4 is 0 Å². The minimum atomic E-state index is -1.44. The van der Waals surface area contributed by atoms with E-state index in [4.69, 9.17) is 11.6 Å². The van der Waals surface area contributed by atoms with Crippen LogP contribution in [0, 0.1) is 0 Å². The summed E-state index contributed by atoms with van der Waals surface area (Å²) in [5.74, 6) is 0. The Morgan fingerprint density at radius 2 is 1.17 bits per heavy atom. The maximum absolute atomic E-state index is 8.41. The van der Waals surface area contributed by atoms with Crippen LogP contribution in [0.15, 0.2) is 0 Å². The molecule has 0 bridgehead atoms. The van der Waals surface area contributed by atoms with Crippen molar-refractivity contribution in [3.8, 4) is 0 Å². The molecular formula is H2MnNiO4. The summed E-state index contributed by atoms with van der Waals surface area (Å²) in [5, 5.41) is 0. The third kappa shape index (κ3) is 358. The molecule has 0 fully saturated rings. The van der Waals surface area contributed by atoms with Gasteiger partial charge in [-0.15, -0.1) is 0 Å². The summed E-state index contributed by atoms with van der Waals surface area (Å²) in [7, 11) is 0. The number of hydrogen-bond donors (Lipinski definition) is 0. The van der Waals surface area contributed by atoms with Gasteiger partial charge in [-0.3, -0.25) is 0 Å². The normalized spacial score (nSPS) is 3.00. The van der Waals surface area contributed by atoms with Crippen LogP contribution in [-0.2, 0) is 41.8 Å². The van der Waals surface area contributed by atoms with E-state index in [1.54, 1.807) is 0 Å². The molecule has 0 saturated carbocycles. The Kier molecular flexibility index (Phi) is 147. The monoisotopic (exact) mass is 179 g/mol.